The minimum absolute atomic E-state index is 0.790. The summed E-state index contributed by atoms with van der Waals surface area (Å²) in [5.41, 5.74) is 2.69. The first-order valence-corrected chi connectivity index (χ1v) is 8.43. The predicted octanol–water partition coefficient (Wildman–Crippen LogP) is 3.74. The summed E-state index contributed by atoms with van der Waals surface area (Å²) in [6.07, 6.45) is 3.75. The number of fused-ring (bicyclic) bond motifs is 1. The number of nitrogens with zero attached hydrogens (tertiary/aromatic N) is 1. The number of rotatable bonds is 5. The van der Waals surface area contributed by atoms with Crippen LogP contribution in [0.3, 0.4) is 0 Å². The van der Waals surface area contributed by atoms with Crippen molar-refractivity contribution in [3.05, 3.63) is 27.7 Å². The van der Waals surface area contributed by atoms with Crippen LogP contribution < -0.4 is 4.74 Å². The highest BCUT2D eigenvalue weighted by atomic mass is 79.9. The van der Waals surface area contributed by atoms with E-state index in [9.17, 15) is 0 Å². The van der Waals surface area contributed by atoms with Crippen molar-refractivity contribution >= 4 is 31.9 Å². The summed E-state index contributed by atoms with van der Waals surface area (Å²) in [5, 5.41) is 1.04. The molecule has 1 aromatic carbocycles. The van der Waals surface area contributed by atoms with Crippen molar-refractivity contribution < 1.29 is 4.74 Å². The zero-order chi connectivity index (χ0) is 12.5. The molecule has 0 aromatic heterocycles. The molecule has 4 heteroatoms. The molecule has 2 nitrogen and oxygen atoms in total. The van der Waals surface area contributed by atoms with Crippen molar-refractivity contribution in [1.29, 1.82) is 0 Å². The van der Waals surface area contributed by atoms with Crippen LogP contribution in [0.15, 0.2) is 16.6 Å². The summed E-state index contributed by atoms with van der Waals surface area (Å²) in [6.45, 7) is 2.96. The Morgan fingerprint density at radius 2 is 2.17 bits per heavy atom. The number of hydrogen-bond donors (Lipinski definition) is 0. The largest absolute Gasteiger partial charge is 0.493 e. The lowest BCUT2D eigenvalue weighted by atomic mass is 10.1. The maximum Gasteiger partial charge on any atom is 0.127 e. The molecule has 0 amide bonds. The van der Waals surface area contributed by atoms with Gasteiger partial charge in [0.15, 0.2) is 0 Å². The first-order valence-electron chi connectivity index (χ1n) is 6.52. The van der Waals surface area contributed by atoms with Gasteiger partial charge in [-0.05, 0) is 30.5 Å². The fourth-order valence-electron chi connectivity index (χ4n) is 2.62. The van der Waals surface area contributed by atoms with Crippen LogP contribution in [0.5, 0.6) is 5.75 Å². The van der Waals surface area contributed by atoms with Crippen molar-refractivity contribution in [3.63, 3.8) is 0 Å². The van der Waals surface area contributed by atoms with Gasteiger partial charge in [-0.25, -0.2) is 0 Å². The van der Waals surface area contributed by atoms with Gasteiger partial charge in [-0.15, -0.1) is 0 Å². The standard InChI is InChI=1S/C14H17Br2NO/c15-4-5-17(13-1-2-13)9-11-8-12(16)7-10-3-6-18-14(10)11/h7-8,13H,1-6,9H2. The lowest BCUT2D eigenvalue weighted by Crippen LogP contribution is -2.27. The molecule has 0 radical (unpaired) electrons. The molecular weight excluding hydrogens is 358 g/mol. The van der Waals surface area contributed by atoms with Crippen molar-refractivity contribution in [2.24, 2.45) is 0 Å². The van der Waals surface area contributed by atoms with E-state index in [-0.39, 0.29) is 0 Å². The number of ether oxygens (including phenoxy) is 1. The predicted molar refractivity (Wildman–Crippen MR) is 80.6 cm³/mol. The molecule has 1 aliphatic carbocycles. The first-order chi connectivity index (χ1) is 8.78. The average molecular weight is 375 g/mol. The van der Waals surface area contributed by atoms with Crippen molar-refractivity contribution in [1.82, 2.24) is 4.90 Å². The van der Waals surface area contributed by atoms with E-state index >= 15 is 0 Å². The van der Waals surface area contributed by atoms with E-state index < -0.39 is 0 Å². The third-order valence-electron chi connectivity index (χ3n) is 3.63. The van der Waals surface area contributed by atoms with Gasteiger partial charge in [-0.3, -0.25) is 4.90 Å². The third-order valence-corrected chi connectivity index (χ3v) is 4.45. The Labute approximate surface area is 125 Å². The minimum Gasteiger partial charge on any atom is -0.493 e. The molecule has 18 heavy (non-hydrogen) atoms. The first kappa shape index (κ1) is 12.9. The highest BCUT2D eigenvalue weighted by Crippen LogP contribution is 2.36. The Hall–Kier alpha value is -0.0600. The molecule has 0 bridgehead atoms. The van der Waals surface area contributed by atoms with Crippen LogP contribution >= 0.6 is 31.9 Å². The molecule has 1 heterocycles. The zero-order valence-electron chi connectivity index (χ0n) is 10.3. The van der Waals surface area contributed by atoms with Crippen LogP contribution in [0.1, 0.15) is 24.0 Å². The monoisotopic (exact) mass is 373 g/mol. The zero-order valence-corrected chi connectivity index (χ0v) is 13.5. The molecule has 0 atom stereocenters. The van der Waals surface area contributed by atoms with Gasteiger partial charge < -0.3 is 4.74 Å². The molecule has 0 saturated heterocycles. The number of benzene rings is 1. The van der Waals surface area contributed by atoms with Gasteiger partial charge in [-0.1, -0.05) is 31.9 Å². The average Bonchev–Trinajstić information content (AvgIpc) is 3.07. The molecule has 1 aliphatic heterocycles. The van der Waals surface area contributed by atoms with Gasteiger partial charge in [0.05, 0.1) is 6.61 Å². The Bertz CT molecular complexity index is 446. The minimum atomic E-state index is 0.790. The highest BCUT2D eigenvalue weighted by Gasteiger charge is 2.29. The molecule has 1 fully saturated rings. The molecule has 2 aliphatic rings. The van der Waals surface area contributed by atoms with Gasteiger partial charge in [0, 0.05) is 40.9 Å². The van der Waals surface area contributed by atoms with Crippen LogP contribution in [0.4, 0.5) is 0 Å². The molecule has 0 unspecified atom stereocenters. The van der Waals surface area contributed by atoms with Gasteiger partial charge >= 0.3 is 0 Å². The quantitative estimate of drug-likeness (QED) is 0.728. The van der Waals surface area contributed by atoms with Crippen LogP contribution in [-0.2, 0) is 13.0 Å². The Morgan fingerprint density at radius 3 is 2.89 bits per heavy atom. The molecule has 3 rings (SSSR count). The van der Waals surface area contributed by atoms with Crippen LogP contribution in [0, 0.1) is 0 Å². The second-order valence-electron chi connectivity index (χ2n) is 5.04. The number of halogens is 2. The van der Waals surface area contributed by atoms with Crippen molar-refractivity contribution in [2.45, 2.75) is 31.8 Å². The fourth-order valence-corrected chi connectivity index (χ4v) is 3.63. The van der Waals surface area contributed by atoms with Crippen molar-refractivity contribution in [2.75, 3.05) is 18.5 Å². The lowest BCUT2D eigenvalue weighted by molar-refractivity contribution is 0.265. The summed E-state index contributed by atoms with van der Waals surface area (Å²) in [7, 11) is 0. The molecular formula is C14H17Br2NO. The van der Waals surface area contributed by atoms with E-state index in [4.69, 9.17) is 4.74 Å². The Kier molecular flexibility index (Phi) is 3.97. The fraction of sp³-hybridized carbons (Fsp3) is 0.571. The number of hydrogen-bond acceptors (Lipinski definition) is 2. The summed E-state index contributed by atoms with van der Waals surface area (Å²) in [5.74, 6) is 1.14. The molecule has 1 saturated carbocycles. The van der Waals surface area contributed by atoms with Crippen molar-refractivity contribution in [3.8, 4) is 5.75 Å². The van der Waals surface area contributed by atoms with Crippen LogP contribution in [0.2, 0.25) is 0 Å². The highest BCUT2D eigenvalue weighted by molar-refractivity contribution is 9.10. The SMILES string of the molecule is BrCCN(Cc1cc(Br)cc2c1OCC2)C1CC1. The second kappa shape index (κ2) is 5.51. The topological polar surface area (TPSA) is 12.5 Å². The Morgan fingerprint density at radius 1 is 1.33 bits per heavy atom. The summed E-state index contributed by atoms with van der Waals surface area (Å²) < 4.78 is 6.98. The smallest absolute Gasteiger partial charge is 0.127 e. The maximum absolute atomic E-state index is 5.80. The Balaban J connectivity index is 1.82. The van der Waals surface area contributed by atoms with Gasteiger partial charge in [0.1, 0.15) is 5.75 Å². The lowest BCUT2D eigenvalue weighted by Gasteiger charge is -2.22. The van der Waals surface area contributed by atoms with E-state index in [1.807, 2.05) is 0 Å². The molecule has 1 aromatic rings. The van der Waals surface area contributed by atoms with Gasteiger partial charge in [0.25, 0.3) is 0 Å². The second-order valence-corrected chi connectivity index (χ2v) is 6.75. The normalized spacial score (nSPS) is 17.9. The summed E-state index contributed by atoms with van der Waals surface area (Å²) in [6, 6.07) is 5.20. The van der Waals surface area contributed by atoms with Crippen LogP contribution in [-0.4, -0.2) is 29.4 Å². The maximum atomic E-state index is 5.80. The van der Waals surface area contributed by atoms with E-state index in [1.165, 1.54) is 28.4 Å². The number of alkyl halides is 1. The molecule has 0 spiro atoms. The third kappa shape index (κ3) is 2.75. The van der Waals surface area contributed by atoms with Gasteiger partial charge in [0.2, 0.25) is 0 Å². The summed E-state index contributed by atoms with van der Waals surface area (Å²) >= 11 is 7.17. The van der Waals surface area contributed by atoms with E-state index in [1.54, 1.807) is 0 Å². The van der Waals surface area contributed by atoms with Crippen LogP contribution in [0.25, 0.3) is 0 Å². The van der Waals surface area contributed by atoms with E-state index in [0.29, 0.717) is 0 Å². The van der Waals surface area contributed by atoms with E-state index in [2.05, 4.69) is 48.9 Å². The van der Waals surface area contributed by atoms with Gasteiger partial charge in [-0.2, -0.15) is 0 Å². The molecule has 98 valence electrons. The molecule has 0 N–H and O–H groups in total. The summed E-state index contributed by atoms with van der Waals surface area (Å²) in [4.78, 5) is 2.57. The van der Waals surface area contributed by atoms with E-state index in [0.717, 1.165) is 43.2 Å².